The lowest BCUT2D eigenvalue weighted by atomic mass is 9.99. The van der Waals surface area contributed by atoms with E-state index in [-0.39, 0.29) is 11.9 Å². The van der Waals surface area contributed by atoms with Crippen molar-refractivity contribution in [3.8, 4) is 0 Å². The van der Waals surface area contributed by atoms with E-state index >= 15 is 0 Å². The molecule has 3 heteroatoms. The molecule has 0 radical (unpaired) electrons. The van der Waals surface area contributed by atoms with Crippen molar-refractivity contribution in [2.24, 2.45) is 0 Å². The molecule has 92 valence electrons. The van der Waals surface area contributed by atoms with Gasteiger partial charge in [0.25, 0.3) is 5.91 Å². The third kappa shape index (κ3) is 2.60. The molecule has 2 rings (SSSR count). The molecule has 1 aromatic rings. The first-order valence-corrected chi connectivity index (χ1v) is 6.39. The summed E-state index contributed by atoms with van der Waals surface area (Å²) in [6.45, 7) is 5.06. The molecule has 17 heavy (non-hydrogen) atoms. The van der Waals surface area contributed by atoms with Crippen molar-refractivity contribution in [1.29, 1.82) is 0 Å². The van der Waals surface area contributed by atoms with Gasteiger partial charge in [-0.25, -0.2) is 0 Å². The molecular weight excluding hydrogens is 212 g/mol. The Morgan fingerprint density at radius 1 is 1.53 bits per heavy atom. The van der Waals surface area contributed by atoms with Crippen LogP contribution in [0.1, 0.15) is 42.6 Å². The minimum atomic E-state index is 0.0330. The predicted molar refractivity (Wildman–Crippen MR) is 70.5 cm³/mol. The van der Waals surface area contributed by atoms with E-state index in [0.717, 1.165) is 37.1 Å². The summed E-state index contributed by atoms with van der Waals surface area (Å²) in [4.78, 5) is 12.1. The lowest BCUT2D eigenvalue weighted by Crippen LogP contribution is -2.33. The molecule has 3 nitrogen and oxygen atoms in total. The zero-order chi connectivity index (χ0) is 12.3. The number of nitrogens with one attached hydrogen (secondary N) is 2. The Labute approximate surface area is 103 Å². The fourth-order valence-corrected chi connectivity index (χ4v) is 2.10. The van der Waals surface area contributed by atoms with Gasteiger partial charge in [0.1, 0.15) is 0 Å². The molecule has 0 fully saturated rings. The molecular formula is C14H20N2O. The summed E-state index contributed by atoms with van der Waals surface area (Å²) < 4.78 is 0. The summed E-state index contributed by atoms with van der Waals surface area (Å²) in [7, 11) is 0. The molecule has 1 unspecified atom stereocenters. The van der Waals surface area contributed by atoms with Crippen LogP contribution in [0.15, 0.2) is 18.2 Å². The number of benzene rings is 1. The number of anilines is 1. The Balaban J connectivity index is 2.23. The maximum Gasteiger partial charge on any atom is 0.253 e. The van der Waals surface area contributed by atoms with Gasteiger partial charge in [-0.2, -0.15) is 0 Å². The van der Waals surface area contributed by atoms with E-state index in [1.165, 1.54) is 5.56 Å². The van der Waals surface area contributed by atoms with Crippen LogP contribution in [-0.4, -0.2) is 18.5 Å². The van der Waals surface area contributed by atoms with Gasteiger partial charge in [0.2, 0.25) is 0 Å². The number of carbonyl (C=O) groups excluding carboxylic acids is 1. The molecule has 0 bridgehead atoms. The average Bonchev–Trinajstić information content (AvgIpc) is 2.37. The monoisotopic (exact) mass is 232 g/mol. The van der Waals surface area contributed by atoms with Crippen LogP contribution in [0, 0.1) is 0 Å². The minimum Gasteiger partial charge on any atom is -0.384 e. The Bertz CT molecular complexity index is 415. The third-order valence-electron chi connectivity index (χ3n) is 3.31. The fraction of sp³-hybridized carbons (Fsp3) is 0.500. The highest BCUT2D eigenvalue weighted by Gasteiger charge is 2.17. The average molecular weight is 232 g/mol. The third-order valence-corrected chi connectivity index (χ3v) is 3.31. The van der Waals surface area contributed by atoms with Crippen LogP contribution in [0.2, 0.25) is 0 Å². The normalized spacial score (nSPS) is 15.6. The van der Waals surface area contributed by atoms with Gasteiger partial charge in [0.15, 0.2) is 0 Å². The van der Waals surface area contributed by atoms with Crippen molar-refractivity contribution < 1.29 is 4.79 Å². The van der Waals surface area contributed by atoms with Gasteiger partial charge in [-0.05, 0) is 37.8 Å². The van der Waals surface area contributed by atoms with Gasteiger partial charge >= 0.3 is 0 Å². The van der Waals surface area contributed by atoms with E-state index in [1.54, 1.807) is 0 Å². The molecule has 2 N–H and O–H groups in total. The standard InChI is InChI=1S/C14H20N2O/c1-3-10(2)16-14(17)12-8-4-6-11-7-5-9-15-13(11)12/h4,6,8,10,15H,3,5,7,9H2,1-2H3,(H,16,17). The SMILES string of the molecule is CCC(C)NC(=O)c1cccc2c1NCCC2. The maximum atomic E-state index is 12.1. The van der Waals surface area contributed by atoms with Crippen LogP contribution in [0.5, 0.6) is 0 Å². The van der Waals surface area contributed by atoms with E-state index in [4.69, 9.17) is 0 Å². The highest BCUT2D eigenvalue weighted by atomic mass is 16.1. The van der Waals surface area contributed by atoms with E-state index in [0.29, 0.717) is 0 Å². The first-order valence-electron chi connectivity index (χ1n) is 6.39. The van der Waals surface area contributed by atoms with Crippen LogP contribution in [0.4, 0.5) is 5.69 Å². The summed E-state index contributed by atoms with van der Waals surface area (Å²) in [5, 5.41) is 6.36. The maximum absolute atomic E-state index is 12.1. The van der Waals surface area contributed by atoms with Crippen LogP contribution >= 0.6 is 0 Å². The van der Waals surface area contributed by atoms with Crippen LogP contribution in [0.25, 0.3) is 0 Å². The van der Waals surface area contributed by atoms with E-state index in [2.05, 4.69) is 23.6 Å². The summed E-state index contributed by atoms with van der Waals surface area (Å²) in [6.07, 6.45) is 3.16. The van der Waals surface area contributed by atoms with Gasteiger partial charge in [-0.3, -0.25) is 4.79 Å². The first-order chi connectivity index (χ1) is 8.22. The van der Waals surface area contributed by atoms with Crippen LogP contribution in [0.3, 0.4) is 0 Å². The molecule has 1 amide bonds. The van der Waals surface area contributed by atoms with Gasteiger partial charge in [0.05, 0.1) is 11.3 Å². The molecule has 1 heterocycles. The number of para-hydroxylation sites is 1. The highest BCUT2D eigenvalue weighted by Crippen LogP contribution is 2.25. The van der Waals surface area contributed by atoms with Crippen molar-refractivity contribution in [2.75, 3.05) is 11.9 Å². The highest BCUT2D eigenvalue weighted by molar-refractivity contribution is 6.00. The number of carbonyl (C=O) groups is 1. The molecule has 1 atom stereocenters. The second kappa shape index (κ2) is 5.21. The summed E-state index contributed by atoms with van der Waals surface area (Å²) in [5.74, 6) is 0.0330. The van der Waals surface area contributed by atoms with Crippen molar-refractivity contribution in [1.82, 2.24) is 5.32 Å². The molecule has 0 aliphatic carbocycles. The van der Waals surface area contributed by atoms with Gasteiger partial charge in [-0.1, -0.05) is 19.1 Å². The number of rotatable bonds is 3. The molecule has 0 saturated heterocycles. The molecule has 0 saturated carbocycles. The molecule has 0 aromatic heterocycles. The summed E-state index contributed by atoms with van der Waals surface area (Å²) in [6, 6.07) is 6.19. The number of amides is 1. The van der Waals surface area contributed by atoms with Crippen molar-refractivity contribution >= 4 is 11.6 Å². The van der Waals surface area contributed by atoms with E-state index in [9.17, 15) is 4.79 Å². The zero-order valence-corrected chi connectivity index (χ0v) is 10.5. The van der Waals surface area contributed by atoms with Gasteiger partial charge < -0.3 is 10.6 Å². The second-order valence-corrected chi connectivity index (χ2v) is 4.65. The Kier molecular flexibility index (Phi) is 3.67. The minimum absolute atomic E-state index is 0.0330. The van der Waals surface area contributed by atoms with Crippen LogP contribution < -0.4 is 10.6 Å². The van der Waals surface area contributed by atoms with Gasteiger partial charge in [0, 0.05) is 12.6 Å². The Morgan fingerprint density at radius 2 is 2.35 bits per heavy atom. The number of hydrogen-bond donors (Lipinski definition) is 2. The van der Waals surface area contributed by atoms with Crippen molar-refractivity contribution in [2.45, 2.75) is 39.2 Å². The summed E-state index contributed by atoms with van der Waals surface area (Å²) >= 11 is 0. The molecule has 0 spiro atoms. The van der Waals surface area contributed by atoms with Crippen molar-refractivity contribution in [3.05, 3.63) is 29.3 Å². The number of fused-ring (bicyclic) bond motifs is 1. The van der Waals surface area contributed by atoms with Gasteiger partial charge in [-0.15, -0.1) is 0 Å². The van der Waals surface area contributed by atoms with Crippen molar-refractivity contribution in [3.63, 3.8) is 0 Å². The Morgan fingerprint density at radius 3 is 3.12 bits per heavy atom. The second-order valence-electron chi connectivity index (χ2n) is 4.65. The largest absolute Gasteiger partial charge is 0.384 e. The number of aryl methyl sites for hydroxylation is 1. The summed E-state index contributed by atoms with van der Waals surface area (Å²) in [5.41, 5.74) is 3.06. The molecule has 1 aromatic carbocycles. The van der Waals surface area contributed by atoms with Crippen LogP contribution in [-0.2, 0) is 6.42 Å². The van der Waals surface area contributed by atoms with E-state index in [1.807, 2.05) is 19.1 Å². The smallest absolute Gasteiger partial charge is 0.253 e. The zero-order valence-electron chi connectivity index (χ0n) is 10.5. The molecule has 1 aliphatic heterocycles. The molecule has 1 aliphatic rings. The first kappa shape index (κ1) is 12.0. The lowest BCUT2D eigenvalue weighted by molar-refractivity contribution is 0.0940. The Hall–Kier alpha value is -1.51. The lowest BCUT2D eigenvalue weighted by Gasteiger charge is -2.21. The fourth-order valence-electron chi connectivity index (χ4n) is 2.10. The number of hydrogen-bond acceptors (Lipinski definition) is 2. The quantitative estimate of drug-likeness (QED) is 0.841. The van der Waals surface area contributed by atoms with E-state index < -0.39 is 0 Å². The topological polar surface area (TPSA) is 41.1 Å². The predicted octanol–water partition coefficient (Wildman–Crippen LogP) is 2.57.